The van der Waals surface area contributed by atoms with Crippen LogP contribution in [0.5, 0.6) is 5.75 Å². The number of carbonyl (C=O) groups is 1. The van der Waals surface area contributed by atoms with Gasteiger partial charge < -0.3 is 4.74 Å². The summed E-state index contributed by atoms with van der Waals surface area (Å²) in [6.45, 7) is 3.74. The summed E-state index contributed by atoms with van der Waals surface area (Å²) >= 11 is 0. The molecule has 0 atom stereocenters. The zero-order valence-electron chi connectivity index (χ0n) is 9.02. The maximum Gasteiger partial charge on any atom is 0.312 e. The number of nitrogens with zero attached hydrogens (tertiary/aromatic N) is 1. The highest BCUT2D eigenvalue weighted by molar-refractivity contribution is 5.77. The van der Waals surface area contributed by atoms with Crippen molar-refractivity contribution in [2.24, 2.45) is 0 Å². The van der Waals surface area contributed by atoms with Crippen LogP contribution in [-0.2, 0) is 10.2 Å². The van der Waals surface area contributed by atoms with E-state index in [1.54, 1.807) is 0 Å². The van der Waals surface area contributed by atoms with E-state index in [-0.39, 0.29) is 18.1 Å². The molecule has 2 rings (SSSR count). The van der Waals surface area contributed by atoms with Crippen molar-refractivity contribution in [3.63, 3.8) is 0 Å². The van der Waals surface area contributed by atoms with Gasteiger partial charge in [-0.1, -0.05) is 13.8 Å². The Hall–Kier alpha value is -1.91. The van der Waals surface area contributed by atoms with E-state index < -0.39 is 10.3 Å². The molecule has 1 aromatic carbocycles. The minimum atomic E-state index is -0.452. The van der Waals surface area contributed by atoms with Crippen LogP contribution in [0.3, 0.4) is 0 Å². The third-order valence-electron chi connectivity index (χ3n) is 2.71. The van der Waals surface area contributed by atoms with Gasteiger partial charge in [0.15, 0.2) is 0 Å². The smallest absolute Gasteiger partial charge is 0.312 e. The first-order valence-corrected chi connectivity index (χ1v) is 4.90. The molecule has 0 aliphatic carbocycles. The van der Waals surface area contributed by atoms with E-state index in [1.165, 1.54) is 18.2 Å². The van der Waals surface area contributed by atoms with Crippen molar-refractivity contribution in [2.45, 2.75) is 25.7 Å². The maximum atomic E-state index is 11.3. The first kappa shape index (κ1) is 10.6. The molecule has 0 radical (unpaired) electrons. The normalized spacial score (nSPS) is 17.5. The number of nitro groups is 1. The second-order valence-electron chi connectivity index (χ2n) is 4.47. The fraction of sp³-hybridized carbons (Fsp3) is 0.364. The van der Waals surface area contributed by atoms with Gasteiger partial charge in [-0.15, -0.1) is 0 Å². The molecule has 0 bridgehead atoms. The number of fused-ring (bicyclic) bond motifs is 1. The third kappa shape index (κ3) is 1.64. The van der Waals surface area contributed by atoms with Crippen LogP contribution in [0.25, 0.3) is 0 Å². The fourth-order valence-corrected chi connectivity index (χ4v) is 1.86. The number of benzene rings is 1. The van der Waals surface area contributed by atoms with Crippen molar-refractivity contribution in [1.82, 2.24) is 0 Å². The third-order valence-corrected chi connectivity index (χ3v) is 2.71. The number of carbonyl (C=O) groups excluding carboxylic acids is 1. The van der Waals surface area contributed by atoms with Gasteiger partial charge in [0.2, 0.25) is 0 Å². The molecular weight excluding hydrogens is 210 g/mol. The van der Waals surface area contributed by atoms with Gasteiger partial charge >= 0.3 is 5.97 Å². The molecule has 0 N–H and O–H groups in total. The fourth-order valence-electron chi connectivity index (χ4n) is 1.86. The van der Waals surface area contributed by atoms with Crippen LogP contribution in [0, 0.1) is 10.1 Å². The van der Waals surface area contributed by atoms with Crippen molar-refractivity contribution < 1.29 is 14.5 Å². The van der Waals surface area contributed by atoms with Crippen molar-refractivity contribution in [2.75, 3.05) is 0 Å². The van der Waals surface area contributed by atoms with Crippen LogP contribution in [0.15, 0.2) is 18.2 Å². The Balaban J connectivity index is 2.57. The van der Waals surface area contributed by atoms with Crippen molar-refractivity contribution in [3.05, 3.63) is 33.9 Å². The molecule has 84 valence electrons. The minimum Gasteiger partial charge on any atom is -0.426 e. The molecule has 1 aliphatic heterocycles. The highest BCUT2D eigenvalue weighted by atomic mass is 16.6. The number of non-ortho nitro benzene ring substituents is 1. The Kier molecular flexibility index (Phi) is 2.18. The number of ether oxygens (including phenoxy) is 1. The summed E-state index contributed by atoms with van der Waals surface area (Å²) in [7, 11) is 0. The summed E-state index contributed by atoms with van der Waals surface area (Å²) in [4.78, 5) is 21.5. The van der Waals surface area contributed by atoms with Gasteiger partial charge in [-0.05, 0) is 6.07 Å². The molecule has 0 unspecified atom stereocenters. The lowest BCUT2D eigenvalue weighted by Crippen LogP contribution is -2.30. The maximum absolute atomic E-state index is 11.3. The van der Waals surface area contributed by atoms with E-state index in [1.807, 2.05) is 13.8 Å². The molecule has 0 amide bonds. The average molecular weight is 221 g/mol. The average Bonchev–Trinajstić information content (AvgIpc) is 2.15. The highest BCUT2D eigenvalue weighted by Gasteiger charge is 2.34. The van der Waals surface area contributed by atoms with Gasteiger partial charge in [0.1, 0.15) is 5.75 Å². The van der Waals surface area contributed by atoms with Gasteiger partial charge in [-0.2, -0.15) is 0 Å². The second-order valence-corrected chi connectivity index (χ2v) is 4.47. The monoisotopic (exact) mass is 221 g/mol. The predicted octanol–water partition coefficient (Wildman–Crippen LogP) is 2.18. The Morgan fingerprint density at radius 2 is 2.12 bits per heavy atom. The Morgan fingerprint density at radius 3 is 2.75 bits per heavy atom. The van der Waals surface area contributed by atoms with E-state index >= 15 is 0 Å². The lowest BCUT2D eigenvalue weighted by atomic mass is 9.79. The number of hydrogen-bond acceptors (Lipinski definition) is 4. The summed E-state index contributed by atoms with van der Waals surface area (Å²) < 4.78 is 5.04. The summed E-state index contributed by atoms with van der Waals surface area (Å²) in [6, 6.07) is 4.29. The number of esters is 1. The molecule has 0 aromatic heterocycles. The summed E-state index contributed by atoms with van der Waals surface area (Å²) in [5.74, 6) is 0.123. The van der Waals surface area contributed by atoms with Crippen LogP contribution >= 0.6 is 0 Å². The molecule has 1 aliphatic rings. The quantitative estimate of drug-likeness (QED) is 0.315. The summed E-state index contributed by atoms with van der Waals surface area (Å²) in [6.07, 6.45) is 0.237. The van der Waals surface area contributed by atoms with E-state index in [0.717, 1.165) is 0 Å². The number of hydrogen-bond donors (Lipinski definition) is 0. The SMILES string of the molecule is CC1(C)CC(=O)Oc2ccc([N+](=O)[O-])cc21. The summed E-state index contributed by atoms with van der Waals surface area (Å²) in [5.41, 5.74) is 0.308. The summed E-state index contributed by atoms with van der Waals surface area (Å²) in [5, 5.41) is 10.7. The van der Waals surface area contributed by atoms with Crippen LogP contribution in [0.2, 0.25) is 0 Å². The molecule has 5 heteroatoms. The molecule has 1 heterocycles. The van der Waals surface area contributed by atoms with Gasteiger partial charge in [0, 0.05) is 23.1 Å². The Labute approximate surface area is 92.2 Å². The lowest BCUT2D eigenvalue weighted by molar-refractivity contribution is -0.385. The zero-order valence-corrected chi connectivity index (χ0v) is 9.02. The van der Waals surface area contributed by atoms with Crippen molar-refractivity contribution in [1.29, 1.82) is 0 Å². The second kappa shape index (κ2) is 3.30. The first-order valence-electron chi connectivity index (χ1n) is 4.90. The van der Waals surface area contributed by atoms with E-state index in [2.05, 4.69) is 0 Å². The van der Waals surface area contributed by atoms with E-state index in [4.69, 9.17) is 4.74 Å². The molecule has 16 heavy (non-hydrogen) atoms. The topological polar surface area (TPSA) is 69.4 Å². The standard InChI is InChI=1S/C11H11NO4/c1-11(2)6-10(13)16-9-4-3-7(12(14)15)5-8(9)11/h3-5H,6H2,1-2H3. The molecule has 5 nitrogen and oxygen atoms in total. The number of nitro benzene ring substituents is 1. The largest absolute Gasteiger partial charge is 0.426 e. The predicted molar refractivity (Wildman–Crippen MR) is 56.4 cm³/mol. The molecule has 0 fully saturated rings. The first-order chi connectivity index (χ1) is 7.40. The van der Waals surface area contributed by atoms with Crippen LogP contribution in [-0.4, -0.2) is 10.9 Å². The van der Waals surface area contributed by atoms with E-state index in [9.17, 15) is 14.9 Å². The van der Waals surface area contributed by atoms with Crippen molar-refractivity contribution >= 4 is 11.7 Å². The molecule has 1 aromatic rings. The molecule has 0 saturated heterocycles. The van der Waals surface area contributed by atoms with Gasteiger partial charge in [0.05, 0.1) is 11.3 Å². The van der Waals surface area contributed by atoms with Gasteiger partial charge in [-0.3, -0.25) is 14.9 Å². The molecular formula is C11H11NO4. The van der Waals surface area contributed by atoms with Crippen LogP contribution < -0.4 is 4.74 Å². The van der Waals surface area contributed by atoms with Gasteiger partial charge in [0.25, 0.3) is 5.69 Å². The minimum absolute atomic E-state index is 0.0183. The Bertz CT molecular complexity index is 479. The van der Waals surface area contributed by atoms with Crippen molar-refractivity contribution in [3.8, 4) is 5.75 Å². The highest BCUT2D eigenvalue weighted by Crippen LogP contribution is 2.40. The van der Waals surface area contributed by atoms with Gasteiger partial charge in [-0.25, -0.2) is 0 Å². The van der Waals surface area contributed by atoms with Crippen LogP contribution in [0.1, 0.15) is 25.8 Å². The van der Waals surface area contributed by atoms with E-state index in [0.29, 0.717) is 11.3 Å². The number of rotatable bonds is 1. The lowest BCUT2D eigenvalue weighted by Gasteiger charge is -2.30. The molecule has 0 saturated carbocycles. The zero-order chi connectivity index (χ0) is 11.9. The molecule has 0 spiro atoms. The Morgan fingerprint density at radius 1 is 1.44 bits per heavy atom. The van der Waals surface area contributed by atoms with Crippen LogP contribution in [0.4, 0.5) is 5.69 Å².